The fraction of sp³-hybridized carbons (Fsp3) is 0.167. The van der Waals surface area contributed by atoms with Crippen LogP contribution in [-0.4, -0.2) is 35.4 Å². The third kappa shape index (κ3) is 5.96. The van der Waals surface area contributed by atoms with Crippen molar-refractivity contribution in [2.24, 2.45) is 4.99 Å². The summed E-state index contributed by atoms with van der Waals surface area (Å²) in [5.74, 6) is -0.0444. The predicted molar refractivity (Wildman–Crippen MR) is 126 cm³/mol. The highest BCUT2D eigenvalue weighted by atomic mass is 16.5. The molecule has 2 aromatic carbocycles. The quantitative estimate of drug-likeness (QED) is 0.397. The topological polar surface area (TPSA) is 144 Å². The lowest BCUT2D eigenvalue weighted by Crippen LogP contribution is -2.50. The van der Waals surface area contributed by atoms with Crippen LogP contribution < -0.4 is 21.7 Å². The van der Waals surface area contributed by atoms with Crippen molar-refractivity contribution in [3.05, 3.63) is 105 Å². The minimum Gasteiger partial charge on any atom is -0.481 e. The number of carbonyl (C=O) groups is 1. The predicted octanol–water partition coefficient (Wildman–Crippen LogP) is 1.98. The van der Waals surface area contributed by atoms with E-state index in [0.29, 0.717) is 17.2 Å². The molecule has 0 aliphatic rings. The molecule has 0 spiro atoms. The van der Waals surface area contributed by atoms with Crippen LogP contribution in [0.25, 0.3) is 0 Å². The number of nitrogens with zero attached hydrogens (tertiary/aromatic N) is 5. The zero-order valence-electron chi connectivity index (χ0n) is 18.8. The summed E-state index contributed by atoms with van der Waals surface area (Å²) in [5.41, 5.74) is 1.01. The lowest BCUT2D eigenvalue weighted by molar-refractivity contribution is -0.137. The molecule has 0 aliphatic heterocycles. The number of nitrogens with one attached hydrogen (secondary N) is 1. The van der Waals surface area contributed by atoms with Crippen LogP contribution in [0.1, 0.15) is 17.5 Å². The van der Waals surface area contributed by atoms with Crippen LogP contribution in [-0.2, 0) is 17.9 Å². The summed E-state index contributed by atoms with van der Waals surface area (Å²) in [5, 5.41) is 16.4. The number of carboxylic acids is 1. The second-order valence-corrected chi connectivity index (χ2v) is 7.69. The van der Waals surface area contributed by atoms with E-state index in [1.54, 1.807) is 30.3 Å². The third-order valence-electron chi connectivity index (χ3n) is 5.06. The molecule has 0 unspecified atom stereocenters. The number of hydrogen-bond acceptors (Lipinski definition) is 7. The number of aromatic amines is 1. The average Bonchev–Trinajstić information content (AvgIpc) is 2.84. The Morgan fingerprint density at radius 1 is 1.00 bits per heavy atom. The number of aryl methyl sites for hydroxylation is 1. The van der Waals surface area contributed by atoms with E-state index in [9.17, 15) is 14.4 Å². The first-order chi connectivity index (χ1) is 16.9. The molecule has 11 heteroatoms. The molecule has 0 aliphatic carbocycles. The Bertz CT molecular complexity index is 1500. The molecular formula is C24H22N6O5. The number of H-pyrrole nitrogens is 1. The molecule has 2 heterocycles. The molecule has 178 valence electrons. The van der Waals surface area contributed by atoms with Gasteiger partial charge in [-0.05, 0) is 36.8 Å². The standard InChI is InChI=1S/C24H22N6O5/c1-16-2-4-17(5-3-16)15-30-22(28-23(33)29(24(30)34)13-11-21(31)32)27-18-6-8-19(9-7-18)35-20-10-12-25-26-14-20/h2-10,12,14H,11,13,15H2,1H3,(H,31,32)(H,27,28,33). The number of rotatable bonds is 8. The molecule has 35 heavy (non-hydrogen) atoms. The van der Waals surface area contributed by atoms with E-state index in [0.717, 1.165) is 15.7 Å². The van der Waals surface area contributed by atoms with Crippen molar-refractivity contribution in [3.8, 4) is 11.5 Å². The third-order valence-corrected chi connectivity index (χ3v) is 5.06. The van der Waals surface area contributed by atoms with Crippen LogP contribution in [0.5, 0.6) is 11.5 Å². The summed E-state index contributed by atoms with van der Waals surface area (Å²) in [7, 11) is 0. The lowest BCUT2D eigenvalue weighted by Gasteiger charge is -2.11. The highest BCUT2D eigenvalue weighted by Crippen LogP contribution is 2.22. The van der Waals surface area contributed by atoms with E-state index in [-0.39, 0.29) is 25.1 Å². The summed E-state index contributed by atoms with van der Waals surface area (Å²) in [4.78, 5) is 43.8. The second-order valence-electron chi connectivity index (χ2n) is 7.69. The molecule has 0 bridgehead atoms. The van der Waals surface area contributed by atoms with Gasteiger partial charge in [-0.15, -0.1) is 0 Å². The molecular weight excluding hydrogens is 452 g/mol. The van der Waals surface area contributed by atoms with Crippen molar-refractivity contribution in [2.75, 3.05) is 0 Å². The zero-order chi connectivity index (χ0) is 24.8. The van der Waals surface area contributed by atoms with Crippen molar-refractivity contribution in [3.63, 3.8) is 0 Å². The second kappa shape index (κ2) is 10.4. The summed E-state index contributed by atoms with van der Waals surface area (Å²) >= 11 is 0. The van der Waals surface area contributed by atoms with E-state index in [2.05, 4.69) is 20.2 Å². The normalized spacial score (nSPS) is 11.4. The van der Waals surface area contributed by atoms with E-state index in [4.69, 9.17) is 9.84 Å². The average molecular weight is 474 g/mol. The summed E-state index contributed by atoms with van der Waals surface area (Å²) in [6.07, 6.45) is 2.63. The molecule has 0 saturated carbocycles. The van der Waals surface area contributed by atoms with Crippen molar-refractivity contribution < 1.29 is 14.6 Å². The minimum absolute atomic E-state index is 0.0409. The monoisotopic (exact) mass is 474 g/mol. The maximum Gasteiger partial charge on any atom is 0.335 e. The fourth-order valence-corrected chi connectivity index (χ4v) is 3.25. The molecule has 0 radical (unpaired) electrons. The lowest BCUT2D eigenvalue weighted by atomic mass is 10.1. The number of benzene rings is 2. The molecule has 11 nitrogen and oxygen atoms in total. The van der Waals surface area contributed by atoms with Crippen molar-refractivity contribution in [2.45, 2.75) is 26.4 Å². The number of carboxylic acid groups (broad SMARTS) is 1. The Morgan fingerprint density at radius 2 is 1.74 bits per heavy atom. The molecule has 2 aromatic heterocycles. The van der Waals surface area contributed by atoms with Crippen molar-refractivity contribution >= 4 is 11.7 Å². The van der Waals surface area contributed by atoms with Crippen LogP contribution >= 0.6 is 0 Å². The Hall–Kier alpha value is -4.80. The van der Waals surface area contributed by atoms with Crippen LogP contribution in [0.2, 0.25) is 0 Å². The number of aromatic nitrogens is 5. The minimum atomic E-state index is -1.11. The first-order valence-corrected chi connectivity index (χ1v) is 10.7. The Morgan fingerprint density at radius 3 is 2.40 bits per heavy atom. The Kier molecular flexibility index (Phi) is 6.96. The van der Waals surface area contributed by atoms with Gasteiger partial charge < -0.3 is 9.84 Å². The van der Waals surface area contributed by atoms with Crippen LogP contribution in [0, 0.1) is 6.92 Å². The van der Waals surface area contributed by atoms with Gasteiger partial charge in [0.25, 0.3) is 0 Å². The highest BCUT2D eigenvalue weighted by Gasteiger charge is 2.11. The van der Waals surface area contributed by atoms with E-state index in [1.807, 2.05) is 31.2 Å². The van der Waals surface area contributed by atoms with Crippen molar-refractivity contribution in [1.29, 1.82) is 0 Å². The van der Waals surface area contributed by atoms with Gasteiger partial charge in [-0.3, -0.25) is 14.3 Å². The fourth-order valence-electron chi connectivity index (χ4n) is 3.25. The smallest absolute Gasteiger partial charge is 0.335 e. The van der Waals surface area contributed by atoms with Gasteiger partial charge in [0.15, 0.2) is 0 Å². The highest BCUT2D eigenvalue weighted by molar-refractivity contribution is 5.66. The molecule has 0 saturated heterocycles. The molecule has 0 fully saturated rings. The van der Waals surface area contributed by atoms with Gasteiger partial charge in [0.1, 0.15) is 11.5 Å². The summed E-state index contributed by atoms with van der Waals surface area (Å²) < 4.78 is 7.86. The van der Waals surface area contributed by atoms with Crippen molar-refractivity contribution in [1.82, 2.24) is 24.3 Å². The van der Waals surface area contributed by atoms with E-state index < -0.39 is 17.3 Å². The molecule has 2 N–H and O–H groups in total. The molecule has 0 atom stereocenters. The van der Waals surface area contributed by atoms with E-state index >= 15 is 0 Å². The van der Waals surface area contributed by atoms with E-state index in [1.165, 1.54) is 17.0 Å². The first-order valence-electron chi connectivity index (χ1n) is 10.7. The van der Waals surface area contributed by atoms with Gasteiger partial charge in [0, 0.05) is 12.6 Å². The van der Waals surface area contributed by atoms with Gasteiger partial charge in [0.05, 0.1) is 31.0 Å². The van der Waals surface area contributed by atoms with Crippen LogP contribution in [0.15, 0.2) is 81.6 Å². The summed E-state index contributed by atoms with van der Waals surface area (Å²) in [6.45, 7) is 1.83. The zero-order valence-corrected chi connectivity index (χ0v) is 18.8. The maximum atomic E-state index is 13.2. The number of ether oxygens (including phenoxy) is 1. The van der Waals surface area contributed by atoms with Gasteiger partial charge in [-0.25, -0.2) is 19.1 Å². The van der Waals surface area contributed by atoms with Gasteiger partial charge in [-0.2, -0.15) is 10.2 Å². The number of hydrogen-bond donors (Lipinski definition) is 2. The SMILES string of the molecule is Cc1ccc(Cn2c(=O)n(CCC(=O)O)c(=O)[nH]/c2=N\c2ccc(Oc3ccnnc3)cc2)cc1. The van der Waals surface area contributed by atoms with Gasteiger partial charge in [0.2, 0.25) is 5.62 Å². The van der Waals surface area contributed by atoms with Crippen LogP contribution in [0.3, 0.4) is 0 Å². The van der Waals surface area contributed by atoms with Gasteiger partial charge >= 0.3 is 17.3 Å². The first kappa shape index (κ1) is 23.4. The van der Waals surface area contributed by atoms with Crippen LogP contribution in [0.4, 0.5) is 5.69 Å². The largest absolute Gasteiger partial charge is 0.481 e. The molecule has 4 rings (SSSR count). The number of aliphatic carboxylic acids is 1. The van der Waals surface area contributed by atoms with Gasteiger partial charge in [-0.1, -0.05) is 29.8 Å². The molecule has 4 aromatic rings. The maximum absolute atomic E-state index is 13.2. The molecule has 0 amide bonds. The Labute approximate surface area is 198 Å². The summed E-state index contributed by atoms with van der Waals surface area (Å²) in [6, 6.07) is 16.0. The Balaban J connectivity index is 1.73.